The van der Waals surface area contributed by atoms with E-state index in [4.69, 9.17) is 4.98 Å². The van der Waals surface area contributed by atoms with Gasteiger partial charge >= 0.3 is 0 Å². The zero-order valence-electron chi connectivity index (χ0n) is 44.5. The standard InChI is InChI=1S/C56H40N2.C15H18.C2H6/c1-35-31-41(33-42(32-35)58-52-25-12-10-18-44(52)45-19-11-13-26-53(45)58)51-34-57-37(3)54(36(51)2)39-27-29-40(30-28-39)55-47-20-6-8-22-49(47)56(50-23-9-7-21-48(50)55)46-24-14-16-38-15-4-5-17-43(38)46;1-11-8-6-10-15(13(11)3)14-9-5-4-7-12(14)2;1-2/h4-34H,1-3H3;4-11,13H,1-3H3;1-2H3/t;11-,13?;/m.0./s1. The van der Waals surface area contributed by atoms with Gasteiger partial charge in [0, 0.05) is 39.5 Å². The summed E-state index contributed by atoms with van der Waals surface area (Å²) < 4.78 is 2.40. The van der Waals surface area contributed by atoms with E-state index in [1.807, 2.05) is 13.8 Å². The molecule has 0 fully saturated rings. The lowest BCUT2D eigenvalue weighted by atomic mass is 9.80. The van der Waals surface area contributed by atoms with Crippen LogP contribution < -0.4 is 0 Å². The fourth-order valence-electron chi connectivity index (χ4n) is 11.8. The van der Waals surface area contributed by atoms with E-state index >= 15 is 0 Å². The average molecular weight is 969 g/mol. The van der Waals surface area contributed by atoms with Crippen LogP contribution in [0.25, 0.3) is 110 Å². The second-order valence-electron chi connectivity index (χ2n) is 20.1. The van der Waals surface area contributed by atoms with Crippen LogP contribution in [0.5, 0.6) is 0 Å². The molecule has 2 aromatic heterocycles. The summed E-state index contributed by atoms with van der Waals surface area (Å²) in [5.41, 5.74) is 21.0. The van der Waals surface area contributed by atoms with E-state index < -0.39 is 0 Å². The van der Waals surface area contributed by atoms with E-state index in [-0.39, 0.29) is 0 Å². The molecule has 2 heterocycles. The van der Waals surface area contributed by atoms with Crippen molar-refractivity contribution in [3.05, 3.63) is 259 Å². The molecule has 2 nitrogen and oxygen atoms in total. The SMILES string of the molecule is CC.Cc1cc(-c2cnc(C)c(-c3ccc(-c4c5ccccc5c(-c5cccc6ccccc56)c5ccccc45)cc3)c2C)cc(-n2c3ccccc3c3ccccc32)c1.Cc1ccccc1C1=CC=C[C@H](C)C1C. The molecule has 0 saturated heterocycles. The number of fused-ring (bicyclic) bond motifs is 6. The Morgan fingerprint density at radius 1 is 0.427 bits per heavy atom. The molecular weight excluding hydrogens is 905 g/mol. The molecular formula is C73H64N2. The number of allylic oxidation sites excluding steroid dienone is 4. The quantitative estimate of drug-likeness (QED) is 0.152. The lowest BCUT2D eigenvalue weighted by Crippen LogP contribution is -2.11. The van der Waals surface area contributed by atoms with Crippen LogP contribution in [-0.4, -0.2) is 9.55 Å². The molecule has 1 aliphatic carbocycles. The zero-order chi connectivity index (χ0) is 51.7. The lowest BCUT2D eigenvalue weighted by molar-refractivity contribution is 0.568. The van der Waals surface area contributed by atoms with Gasteiger partial charge in [-0.05, 0) is 157 Å². The van der Waals surface area contributed by atoms with Crippen LogP contribution in [0.2, 0.25) is 0 Å². The maximum atomic E-state index is 5.03. The number of aryl methyl sites for hydroxylation is 3. The molecule has 13 rings (SSSR count). The molecule has 10 aromatic carbocycles. The fraction of sp³-hybridized carbons (Fsp3) is 0.137. The molecule has 0 bridgehead atoms. The fourth-order valence-corrected chi connectivity index (χ4v) is 11.8. The van der Waals surface area contributed by atoms with Gasteiger partial charge in [-0.3, -0.25) is 4.98 Å². The van der Waals surface area contributed by atoms with Crippen molar-refractivity contribution in [1.82, 2.24) is 9.55 Å². The molecule has 1 unspecified atom stereocenters. The van der Waals surface area contributed by atoms with Gasteiger partial charge in [-0.2, -0.15) is 0 Å². The van der Waals surface area contributed by atoms with Gasteiger partial charge in [0.25, 0.3) is 0 Å². The van der Waals surface area contributed by atoms with Gasteiger partial charge in [-0.1, -0.05) is 228 Å². The topological polar surface area (TPSA) is 17.8 Å². The highest BCUT2D eigenvalue weighted by Gasteiger charge is 2.21. The van der Waals surface area contributed by atoms with Crippen LogP contribution in [0.15, 0.2) is 231 Å². The van der Waals surface area contributed by atoms with Crippen molar-refractivity contribution in [3.8, 4) is 50.2 Å². The molecule has 2 atom stereocenters. The Morgan fingerprint density at radius 3 is 1.56 bits per heavy atom. The van der Waals surface area contributed by atoms with Crippen molar-refractivity contribution in [3.63, 3.8) is 0 Å². The van der Waals surface area contributed by atoms with Crippen LogP contribution in [-0.2, 0) is 0 Å². The third-order valence-electron chi connectivity index (χ3n) is 15.6. The van der Waals surface area contributed by atoms with Gasteiger partial charge in [0.15, 0.2) is 0 Å². The van der Waals surface area contributed by atoms with Crippen LogP contribution in [0.1, 0.15) is 55.6 Å². The minimum atomic E-state index is 0.621. The summed E-state index contributed by atoms with van der Waals surface area (Å²) in [4.78, 5) is 5.03. The molecule has 1 aliphatic rings. The molecule has 0 spiro atoms. The van der Waals surface area contributed by atoms with E-state index in [9.17, 15) is 0 Å². The first-order valence-corrected chi connectivity index (χ1v) is 26.8. The number of benzene rings is 10. The summed E-state index contributed by atoms with van der Waals surface area (Å²) >= 11 is 0. The highest BCUT2D eigenvalue weighted by atomic mass is 15.0. The second kappa shape index (κ2) is 20.7. The minimum Gasteiger partial charge on any atom is -0.309 e. The van der Waals surface area contributed by atoms with Gasteiger partial charge in [-0.25, -0.2) is 0 Å². The third-order valence-corrected chi connectivity index (χ3v) is 15.6. The van der Waals surface area contributed by atoms with Gasteiger partial charge in [-0.15, -0.1) is 0 Å². The summed E-state index contributed by atoms with van der Waals surface area (Å²) in [7, 11) is 0. The molecule has 0 aliphatic heterocycles. The summed E-state index contributed by atoms with van der Waals surface area (Å²) in [6, 6.07) is 75.4. The molecule has 0 saturated carbocycles. The van der Waals surface area contributed by atoms with Gasteiger partial charge in [0.2, 0.25) is 0 Å². The zero-order valence-corrected chi connectivity index (χ0v) is 44.5. The molecule has 75 heavy (non-hydrogen) atoms. The van der Waals surface area contributed by atoms with Crippen molar-refractivity contribution >= 4 is 59.7 Å². The van der Waals surface area contributed by atoms with Crippen molar-refractivity contribution < 1.29 is 0 Å². The number of hydrogen-bond acceptors (Lipinski definition) is 1. The maximum absolute atomic E-state index is 5.03. The monoisotopic (exact) mass is 969 g/mol. The van der Waals surface area contributed by atoms with Gasteiger partial charge in [0.1, 0.15) is 0 Å². The number of para-hydroxylation sites is 2. The van der Waals surface area contributed by atoms with E-state index in [2.05, 4.69) is 277 Å². The summed E-state index contributed by atoms with van der Waals surface area (Å²) in [6.45, 7) is 17.4. The number of pyridine rings is 1. The smallest absolute Gasteiger partial charge is 0.0541 e. The molecule has 0 radical (unpaired) electrons. The van der Waals surface area contributed by atoms with Crippen molar-refractivity contribution in [2.45, 2.75) is 55.4 Å². The van der Waals surface area contributed by atoms with E-state index in [1.54, 1.807) is 0 Å². The van der Waals surface area contributed by atoms with Crippen LogP contribution >= 0.6 is 0 Å². The minimum absolute atomic E-state index is 0.621. The van der Waals surface area contributed by atoms with Crippen LogP contribution in [0.3, 0.4) is 0 Å². The molecule has 366 valence electrons. The van der Waals surface area contributed by atoms with Crippen molar-refractivity contribution in [1.29, 1.82) is 0 Å². The largest absolute Gasteiger partial charge is 0.309 e. The van der Waals surface area contributed by atoms with Crippen LogP contribution in [0.4, 0.5) is 0 Å². The van der Waals surface area contributed by atoms with Gasteiger partial charge < -0.3 is 4.57 Å². The lowest BCUT2D eigenvalue weighted by Gasteiger charge is -2.24. The molecule has 0 N–H and O–H groups in total. The average Bonchev–Trinajstić information content (AvgIpc) is 3.83. The normalized spacial score (nSPS) is 14.2. The third kappa shape index (κ3) is 8.85. The molecule has 0 amide bonds. The molecule has 2 heteroatoms. The number of nitrogens with zero attached hydrogens (tertiary/aromatic N) is 2. The van der Waals surface area contributed by atoms with Gasteiger partial charge in [0.05, 0.1) is 11.0 Å². The Balaban J connectivity index is 0.000000303. The Labute approximate surface area is 443 Å². The number of aromatic nitrogens is 2. The highest BCUT2D eigenvalue weighted by molar-refractivity contribution is 6.23. The Morgan fingerprint density at radius 2 is 0.933 bits per heavy atom. The molecule has 12 aromatic rings. The first kappa shape index (κ1) is 48.7. The second-order valence-corrected chi connectivity index (χ2v) is 20.1. The predicted octanol–water partition coefficient (Wildman–Crippen LogP) is 20.5. The number of hydrogen-bond donors (Lipinski definition) is 0. The summed E-state index contributed by atoms with van der Waals surface area (Å²) in [5.74, 6) is 1.26. The van der Waals surface area contributed by atoms with Crippen LogP contribution in [0, 0.1) is 39.5 Å². The highest BCUT2D eigenvalue weighted by Crippen LogP contribution is 2.46. The summed E-state index contributed by atoms with van der Waals surface area (Å²) in [6.07, 6.45) is 8.79. The Kier molecular flexibility index (Phi) is 13.5. The van der Waals surface area contributed by atoms with Crippen molar-refractivity contribution in [2.24, 2.45) is 11.8 Å². The van der Waals surface area contributed by atoms with Crippen molar-refractivity contribution in [2.75, 3.05) is 0 Å². The summed E-state index contributed by atoms with van der Waals surface area (Å²) in [5, 5.41) is 10.1. The van der Waals surface area contributed by atoms with E-state index in [0.717, 1.165) is 16.9 Å². The Hall–Kier alpha value is -8.59. The van der Waals surface area contributed by atoms with E-state index in [0.29, 0.717) is 11.8 Å². The van der Waals surface area contributed by atoms with E-state index in [1.165, 1.54) is 121 Å². The first-order valence-electron chi connectivity index (χ1n) is 26.8. The Bertz CT molecular complexity index is 4050. The predicted molar refractivity (Wildman–Crippen MR) is 325 cm³/mol. The first-order chi connectivity index (χ1) is 36.7. The number of rotatable bonds is 6. The maximum Gasteiger partial charge on any atom is 0.0541 e.